The molecule has 1 aliphatic heterocycles. The average Bonchev–Trinajstić information content (AvgIpc) is 2.21. The van der Waals surface area contributed by atoms with Crippen LogP contribution >= 0.6 is 0 Å². The third-order valence-electron chi connectivity index (χ3n) is 1.78. The molecule has 4 nitrogen and oxygen atoms in total. The molecule has 0 aromatic heterocycles. The Bertz CT molecular complexity index is 420. The van der Waals surface area contributed by atoms with Crippen LogP contribution < -0.4 is 0 Å². The van der Waals surface area contributed by atoms with Crippen LogP contribution in [0, 0.1) is 0 Å². The van der Waals surface area contributed by atoms with Gasteiger partial charge in [0.1, 0.15) is 0 Å². The first-order chi connectivity index (χ1) is 6.77. The number of benzene rings is 1. The maximum atomic E-state index is 11.3. The molecular weight excluding hydrogens is 184 g/mol. The fraction of sp³-hybridized carbons (Fsp3) is 0. The standard InChI is InChI=1S/C10H6O4/c11-9-6-5-7-3-1-2-4-8(7)10(12)14-13-9/h1-6H/b6-5-. The quantitative estimate of drug-likeness (QED) is 0.579. The van der Waals surface area contributed by atoms with Crippen LogP contribution in [0.25, 0.3) is 6.08 Å². The van der Waals surface area contributed by atoms with Crippen LogP contribution in [0.2, 0.25) is 0 Å². The third kappa shape index (κ3) is 1.50. The minimum atomic E-state index is -0.701. The second-order valence-corrected chi connectivity index (χ2v) is 2.69. The molecule has 0 fully saturated rings. The van der Waals surface area contributed by atoms with Gasteiger partial charge in [-0.25, -0.2) is 19.4 Å². The van der Waals surface area contributed by atoms with Crippen molar-refractivity contribution in [1.29, 1.82) is 0 Å². The van der Waals surface area contributed by atoms with E-state index in [0.29, 0.717) is 11.1 Å². The Morgan fingerprint density at radius 3 is 2.57 bits per heavy atom. The van der Waals surface area contributed by atoms with E-state index in [9.17, 15) is 9.59 Å². The predicted molar refractivity (Wildman–Crippen MR) is 47.0 cm³/mol. The maximum Gasteiger partial charge on any atom is 0.386 e. The van der Waals surface area contributed by atoms with Crippen molar-refractivity contribution in [2.75, 3.05) is 0 Å². The molecule has 0 aliphatic carbocycles. The molecule has 14 heavy (non-hydrogen) atoms. The first kappa shape index (κ1) is 8.50. The second kappa shape index (κ2) is 3.33. The summed E-state index contributed by atoms with van der Waals surface area (Å²) in [5, 5.41) is 0. The number of hydrogen-bond donors (Lipinski definition) is 0. The lowest BCUT2D eigenvalue weighted by Gasteiger charge is -2.06. The molecule has 0 saturated carbocycles. The van der Waals surface area contributed by atoms with Gasteiger partial charge in [-0.05, 0) is 17.7 Å². The van der Waals surface area contributed by atoms with Crippen LogP contribution in [0.15, 0.2) is 30.3 Å². The minimum absolute atomic E-state index is 0.372. The average molecular weight is 190 g/mol. The second-order valence-electron chi connectivity index (χ2n) is 2.69. The highest BCUT2D eigenvalue weighted by atomic mass is 17.2. The van der Waals surface area contributed by atoms with Gasteiger partial charge in [-0.1, -0.05) is 18.2 Å². The summed E-state index contributed by atoms with van der Waals surface area (Å²) < 4.78 is 0. The van der Waals surface area contributed by atoms with Gasteiger partial charge in [-0.2, -0.15) is 0 Å². The van der Waals surface area contributed by atoms with Crippen molar-refractivity contribution in [2.45, 2.75) is 0 Å². The summed E-state index contributed by atoms with van der Waals surface area (Å²) in [5.41, 5.74) is 1.01. The highest BCUT2D eigenvalue weighted by Gasteiger charge is 2.16. The largest absolute Gasteiger partial charge is 0.386 e. The fourth-order valence-electron chi connectivity index (χ4n) is 1.14. The highest BCUT2D eigenvalue weighted by molar-refractivity contribution is 5.97. The lowest BCUT2D eigenvalue weighted by molar-refractivity contribution is -0.228. The van der Waals surface area contributed by atoms with Gasteiger partial charge in [0.25, 0.3) is 0 Å². The van der Waals surface area contributed by atoms with Crippen LogP contribution in [0.1, 0.15) is 15.9 Å². The van der Waals surface area contributed by atoms with Crippen molar-refractivity contribution in [3.8, 4) is 0 Å². The summed E-state index contributed by atoms with van der Waals surface area (Å²) in [6, 6.07) is 6.79. The molecule has 0 radical (unpaired) electrons. The highest BCUT2D eigenvalue weighted by Crippen LogP contribution is 2.14. The molecule has 0 unspecified atom stereocenters. The van der Waals surface area contributed by atoms with Crippen molar-refractivity contribution >= 4 is 18.0 Å². The van der Waals surface area contributed by atoms with Crippen molar-refractivity contribution in [2.24, 2.45) is 0 Å². The first-order valence-corrected chi connectivity index (χ1v) is 3.97. The Hall–Kier alpha value is -2.10. The lowest BCUT2D eigenvalue weighted by atomic mass is 10.1. The van der Waals surface area contributed by atoms with E-state index in [1.165, 1.54) is 12.2 Å². The van der Waals surface area contributed by atoms with Gasteiger partial charge in [0.05, 0.1) is 5.56 Å². The SMILES string of the molecule is O=C1/C=C\c2ccccc2C(=O)OO1. The molecule has 1 aliphatic rings. The van der Waals surface area contributed by atoms with Crippen molar-refractivity contribution < 1.29 is 19.4 Å². The zero-order chi connectivity index (χ0) is 9.97. The van der Waals surface area contributed by atoms with Gasteiger partial charge in [0.15, 0.2) is 0 Å². The Balaban J connectivity index is 2.51. The molecule has 2 rings (SSSR count). The van der Waals surface area contributed by atoms with Crippen molar-refractivity contribution in [3.05, 3.63) is 41.5 Å². The summed E-state index contributed by atoms with van der Waals surface area (Å²) in [5.74, 6) is -1.37. The van der Waals surface area contributed by atoms with Gasteiger partial charge >= 0.3 is 11.9 Å². The van der Waals surface area contributed by atoms with E-state index in [-0.39, 0.29) is 0 Å². The molecular formula is C10H6O4. The number of carbonyl (C=O) groups excluding carboxylic acids is 2. The molecule has 70 valence electrons. The molecule has 1 aromatic carbocycles. The van der Waals surface area contributed by atoms with Gasteiger partial charge in [-0.15, -0.1) is 0 Å². The molecule has 0 spiro atoms. The van der Waals surface area contributed by atoms with E-state index in [0.717, 1.165) is 0 Å². The van der Waals surface area contributed by atoms with Gasteiger partial charge in [0.2, 0.25) is 0 Å². The van der Waals surface area contributed by atoms with Gasteiger partial charge in [-0.3, -0.25) is 0 Å². The molecule has 0 bridgehead atoms. The van der Waals surface area contributed by atoms with Crippen LogP contribution in [-0.2, 0) is 14.6 Å². The summed E-state index contributed by atoms with van der Waals surface area (Å²) in [6.45, 7) is 0. The fourth-order valence-corrected chi connectivity index (χ4v) is 1.14. The summed E-state index contributed by atoms with van der Waals surface area (Å²) in [4.78, 5) is 30.5. The molecule has 0 atom stereocenters. The predicted octanol–water partition coefficient (Wildman–Crippen LogP) is 1.33. The molecule has 0 amide bonds. The smallest absolute Gasteiger partial charge is 0.242 e. The monoisotopic (exact) mass is 190 g/mol. The van der Waals surface area contributed by atoms with Crippen molar-refractivity contribution in [1.82, 2.24) is 0 Å². The molecule has 4 heteroatoms. The van der Waals surface area contributed by atoms with Crippen LogP contribution in [0.3, 0.4) is 0 Å². The zero-order valence-electron chi connectivity index (χ0n) is 7.10. The number of fused-ring (bicyclic) bond motifs is 1. The number of rotatable bonds is 0. The zero-order valence-corrected chi connectivity index (χ0v) is 7.10. The maximum absolute atomic E-state index is 11.3. The van der Waals surface area contributed by atoms with Gasteiger partial charge < -0.3 is 0 Å². The van der Waals surface area contributed by atoms with Gasteiger partial charge in [0, 0.05) is 6.08 Å². The Kier molecular flexibility index (Phi) is 2.02. The van der Waals surface area contributed by atoms with E-state index >= 15 is 0 Å². The Morgan fingerprint density at radius 2 is 1.71 bits per heavy atom. The molecule has 0 saturated heterocycles. The van der Waals surface area contributed by atoms with Crippen molar-refractivity contribution in [3.63, 3.8) is 0 Å². The van der Waals surface area contributed by atoms with E-state index in [1.54, 1.807) is 24.3 Å². The van der Waals surface area contributed by atoms with E-state index in [1.807, 2.05) is 0 Å². The van der Waals surface area contributed by atoms with Crippen LogP contribution in [0.5, 0.6) is 0 Å². The van der Waals surface area contributed by atoms with Crippen LogP contribution in [-0.4, -0.2) is 11.9 Å². The Morgan fingerprint density at radius 1 is 0.929 bits per heavy atom. The number of carbonyl (C=O) groups is 2. The first-order valence-electron chi connectivity index (χ1n) is 3.97. The molecule has 0 N–H and O–H groups in total. The summed E-state index contributed by atoms with van der Waals surface area (Å²) in [6.07, 6.45) is 2.71. The number of hydrogen-bond acceptors (Lipinski definition) is 4. The molecule has 1 aromatic rings. The molecule has 1 heterocycles. The van der Waals surface area contributed by atoms with E-state index < -0.39 is 11.9 Å². The normalized spacial score (nSPS) is 17.1. The Labute approximate surface area is 79.7 Å². The van der Waals surface area contributed by atoms with Crippen LogP contribution in [0.4, 0.5) is 0 Å². The topological polar surface area (TPSA) is 52.6 Å². The lowest BCUT2D eigenvalue weighted by Crippen LogP contribution is -2.13. The van der Waals surface area contributed by atoms with E-state index in [2.05, 4.69) is 9.78 Å². The third-order valence-corrected chi connectivity index (χ3v) is 1.78. The summed E-state index contributed by atoms with van der Waals surface area (Å²) in [7, 11) is 0. The summed E-state index contributed by atoms with van der Waals surface area (Å²) >= 11 is 0. The van der Waals surface area contributed by atoms with E-state index in [4.69, 9.17) is 0 Å². The minimum Gasteiger partial charge on any atom is -0.242 e.